The van der Waals surface area contributed by atoms with E-state index in [1.165, 1.54) is 0 Å². The number of amides is 2. The van der Waals surface area contributed by atoms with Crippen molar-refractivity contribution in [3.8, 4) is 0 Å². The maximum Gasteiger partial charge on any atom is 0.408 e. The molecule has 0 aliphatic rings. The number of halogens is 1. The topological polar surface area (TPSA) is 67.4 Å². The molecule has 178 valence electrons. The summed E-state index contributed by atoms with van der Waals surface area (Å²) in [6.07, 6.45) is 3.24. The van der Waals surface area contributed by atoms with Crippen molar-refractivity contribution in [1.29, 1.82) is 0 Å². The van der Waals surface area contributed by atoms with Crippen LogP contribution in [0.25, 0.3) is 0 Å². The Bertz CT molecular complexity index is 809. The maximum atomic E-state index is 13.3. The molecule has 2 amide bonds. The fourth-order valence-electron chi connectivity index (χ4n) is 3.11. The number of benzene rings is 1. The van der Waals surface area contributed by atoms with Crippen molar-refractivity contribution in [3.63, 3.8) is 0 Å². The van der Waals surface area contributed by atoms with Gasteiger partial charge in [-0.2, -0.15) is 0 Å². The fourth-order valence-corrected chi connectivity index (χ4v) is 3.52. The minimum atomic E-state index is -0.957. The molecule has 3 unspecified atom stereocenters. The molecule has 2 N–H and O–H groups in total. The van der Waals surface area contributed by atoms with Crippen LogP contribution in [0.15, 0.2) is 48.1 Å². The zero-order chi connectivity index (χ0) is 24.5. The average Bonchev–Trinajstić information content (AvgIpc) is 2.69. The predicted molar refractivity (Wildman–Crippen MR) is 133 cm³/mol. The van der Waals surface area contributed by atoms with E-state index < -0.39 is 17.7 Å². The number of hydrogen-bond acceptors (Lipinski definition) is 3. The van der Waals surface area contributed by atoms with Crippen molar-refractivity contribution >= 4 is 23.6 Å². The van der Waals surface area contributed by atoms with Crippen molar-refractivity contribution in [2.75, 3.05) is 0 Å². The van der Waals surface area contributed by atoms with Gasteiger partial charge in [0.2, 0.25) is 5.91 Å². The van der Waals surface area contributed by atoms with Crippen molar-refractivity contribution in [2.24, 2.45) is 0 Å². The lowest BCUT2D eigenvalue weighted by Crippen LogP contribution is -2.50. The van der Waals surface area contributed by atoms with Crippen LogP contribution < -0.4 is 10.6 Å². The monoisotopic (exact) mass is 462 g/mol. The highest BCUT2D eigenvalue weighted by molar-refractivity contribution is 6.22. The number of carbonyl (C=O) groups is 2. The Kier molecular flexibility index (Phi) is 11.0. The summed E-state index contributed by atoms with van der Waals surface area (Å²) in [5.41, 5.74) is 3.15. The molecular formula is C26H39ClN2O3. The van der Waals surface area contributed by atoms with Crippen LogP contribution >= 0.6 is 11.6 Å². The summed E-state index contributed by atoms with van der Waals surface area (Å²) in [5, 5.41) is 5.41. The van der Waals surface area contributed by atoms with E-state index in [4.69, 9.17) is 16.3 Å². The summed E-state index contributed by atoms with van der Waals surface area (Å²) >= 11 is 6.47. The molecule has 0 spiro atoms. The maximum absolute atomic E-state index is 13.3. The molecule has 1 aromatic rings. The second-order valence-electron chi connectivity index (χ2n) is 9.20. The van der Waals surface area contributed by atoms with Gasteiger partial charge >= 0.3 is 6.09 Å². The summed E-state index contributed by atoms with van der Waals surface area (Å²) < 4.78 is 5.37. The summed E-state index contributed by atoms with van der Waals surface area (Å²) in [6, 6.07) is 6.89. The van der Waals surface area contributed by atoms with Crippen LogP contribution in [0.2, 0.25) is 0 Å². The van der Waals surface area contributed by atoms with Gasteiger partial charge in [0, 0.05) is 0 Å². The van der Waals surface area contributed by atoms with Gasteiger partial charge in [0.05, 0.1) is 11.4 Å². The quantitative estimate of drug-likeness (QED) is 0.313. The van der Waals surface area contributed by atoms with Gasteiger partial charge in [-0.1, -0.05) is 61.9 Å². The Balaban J connectivity index is 3.05. The molecule has 0 saturated heterocycles. The summed E-state index contributed by atoms with van der Waals surface area (Å²) in [7, 11) is 0. The third-order valence-electron chi connectivity index (χ3n) is 5.02. The number of rotatable bonds is 10. The Labute approximate surface area is 198 Å². The Morgan fingerprint density at radius 3 is 2.25 bits per heavy atom. The first kappa shape index (κ1) is 27.8. The van der Waals surface area contributed by atoms with Gasteiger partial charge in [0.1, 0.15) is 11.6 Å². The van der Waals surface area contributed by atoms with Gasteiger partial charge in [-0.25, -0.2) is 4.79 Å². The minimum Gasteiger partial charge on any atom is -0.444 e. The molecule has 0 radical (unpaired) electrons. The molecule has 0 saturated carbocycles. The number of hydrogen-bond donors (Lipinski definition) is 2. The van der Waals surface area contributed by atoms with Gasteiger partial charge in [0.25, 0.3) is 0 Å². The van der Waals surface area contributed by atoms with Crippen molar-refractivity contribution in [2.45, 2.75) is 90.8 Å². The Morgan fingerprint density at radius 2 is 1.75 bits per heavy atom. The fraction of sp³-hybridized carbons (Fsp3) is 0.538. The van der Waals surface area contributed by atoms with E-state index in [1.54, 1.807) is 20.8 Å². The van der Waals surface area contributed by atoms with E-state index in [9.17, 15) is 9.59 Å². The second kappa shape index (κ2) is 12.7. The molecule has 0 aromatic heterocycles. The standard InChI is InChI=1S/C26H39ClN2O3/c1-9-17(3)15-21(27)16-19(5)23(29-25(31)32-26(6,7)8)24(30)28-22(10-2)20-13-11-18(4)12-14-20/h11-15,21-23H,5,9-10,16H2,1-4,6-8H3,(H,28,30)(H,29,31)/b17-15+. The molecule has 5 nitrogen and oxygen atoms in total. The van der Waals surface area contributed by atoms with Crippen molar-refractivity contribution < 1.29 is 14.3 Å². The van der Waals surface area contributed by atoms with Crippen LogP contribution in [0.4, 0.5) is 4.79 Å². The predicted octanol–water partition coefficient (Wildman–Crippen LogP) is 6.37. The summed E-state index contributed by atoms with van der Waals surface area (Å²) in [6.45, 7) is 17.5. The largest absolute Gasteiger partial charge is 0.444 e. The van der Waals surface area contributed by atoms with Crippen LogP contribution in [0.3, 0.4) is 0 Å². The third-order valence-corrected chi connectivity index (χ3v) is 5.30. The Morgan fingerprint density at radius 1 is 1.16 bits per heavy atom. The number of alkyl halides is 1. The van der Waals surface area contributed by atoms with E-state index >= 15 is 0 Å². The van der Waals surface area contributed by atoms with Crippen LogP contribution in [0, 0.1) is 6.92 Å². The minimum absolute atomic E-state index is 0.187. The lowest BCUT2D eigenvalue weighted by Gasteiger charge is -2.27. The third kappa shape index (κ3) is 9.90. The van der Waals surface area contributed by atoms with Gasteiger partial charge in [-0.15, -0.1) is 11.6 Å². The molecule has 0 heterocycles. The number of nitrogens with one attached hydrogen (secondary N) is 2. The molecule has 1 rings (SSSR count). The Hall–Kier alpha value is -2.27. The number of aryl methyl sites for hydroxylation is 1. The summed E-state index contributed by atoms with van der Waals surface area (Å²) in [5.74, 6) is -0.339. The first-order valence-electron chi connectivity index (χ1n) is 11.2. The SMILES string of the molecule is C=C(CC(Cl)/C=C(\C)CC)C(NC(=O)OC(C)(C)C)C(=O)NC(CC)c1ccc(C)cc1. The molecule has 0 aliphatic heterocycles. The zero-order valence-corrected chi connectivity index (χ0v) is 21.3. The van der Waals surface area contributed by atoms with Gasteiger partial charge in [-0.3, -0.25) is 4.79 Å². The number of ether oxygens (including phenoxy) is 1. The van der Waals surface area contributed by atoms with Crippen LogP contribution in [-0.2, 0) is 9.53 Å². The first-order chi connectivity index (χ1) is 14.9. The highest BCUT2D eigenvalue weighted by Gasteiger charge is 2.29. The highest BCUT2D eigenvalue weighted by atomic mass is 35.5. The lowest BCUT2D eigenvalue weighted by atomic mass is 9.99. The second-order valence-corrected chi connectivity index (χ2v) is 9.76. The van der Waals surface area contributed by atoms with E-state index in [0.29, 0.717) is 18.4 Å². The number of alkyl carbamates (subject to hydrolysis) is 1. The van der Waals surface area contributed by atoms with Gasteiger partial charge < -0.3 is 15.4 Å². The van der Waals surface area contributed by atoms with Crippen molar-refractivity contribution in [1.82, 2.24) is 10.6 Å². The van der Waals surface area contributed by atoms with Crippen molar-refractivity contribution in [3.05, 3.63) is 59.2 Å². The normalized spacial score (nSPS) is 14.8. The number of carbonyl (C=O) groups excluding carboxylic acids is 2. The zero-order valence-electron chi connectivity index (χ0n) is 20.5. The van der Waals surface area contributed by atoms with Crippen LogP contribution in [0.1, 0.15) is 78.0 Å². The molecule has 0 fully saturated rings. The van der Waals surface area contributed by atoms with Gasteiger partial charge in [-0.05, 0) is 65.0 Å². The van der Waals surface area contributed by atoms with Gasteiger partial charge in [0.15, 0.2) is 0 Å². The van der Waals surface area contributed by atoms with E-state index in [0.717, 1.165) is 23.1 Å². The molecule has 32 heavy (non-hydrogen) atoms. The van der Waals surface area contributed by atoms with E-state index in [2.05, 4.69) is 24.1 Å². The van der Waals surface area contributed by atoms with Crippen LogP contribution in [-0.4, -0.2) is 29.0 Å². The van der Waals surface area contributed by atoms with E-state index in [1.807, 2.05) is 51.1 Å². The molecule has 3 atom stereocenters. The molecule has 1 aromatic carbocycles. The van der Waals surface area contributed by atoms with E-state index in [-0.39, 0.29) is 17.3 Å². The van der Waals surface area contributed by atoms with Crippen LogP contribution in [0.5, 0.6) is 0 Å². The molecule has 6 heteroatoms. The average molecular weight is 463 g/mol. The highest BCUT2D eigenvalue weighted by Crippen LogP contribution is 2.21. The smallest absolute Gasteiger partial charge is 0.408 e. The lowest BCUT2D eigenvalue weighted by molar-refractivity contribution is -0.123. The summed E-state index contributed by atoms with van der Waals surface area (Å²) in [4.78, 5) is 25.7. The first-order valence-corrected chi connectivity index (χ1v) is 11.6. The number of allylic oxidation sites excluding steroid dienone is 2. The molecule has 0 bridgehead atoms. The molecular weight excluding hydrogens is 424 g/mol. The molecule has 0 aliphatic carbocycles.